The Balaban J connectivity index is 2.65. The molecule has 19 heavy (non-hydrogen) atoms. The Hall–Kier alpha value is -0.840. The van der Waals surface area contributed by atoms with Gasteiger partial charge in [0.05, 0.1) is 4.47 Å². The number of hydrogen-bond donors (Lipinski definition) is 2. The number of hydrogen-bond acceptors (Lipinski definition) is 4. The first-order valence-electron chi connectivity index (χ1n) is 7.09. The molecule has 108 valence electrons. The maximum Gasteiger partial charge on any atom is 0.224 e. The highest BCUT2D eigenvalue weighted by Gasteiger charge is 2.11. The monoisotopic (exact) mass is 328 g/mol. The third-order valence-electron chi connectivity index (χ3n) is 3.11. The van der Waals surface area contributed by atoms with Gasteiger partial charge in [0.2, 0.25) is 5.95 Å². The molecule has 1 aromatic heterocycles. The van der Waals surface area contributed by atoms with Crippen molar-refractivity contribution < 1.29 is 0 Å². The lowest BCUT2D eigenvalue weighted by molar-refractivity contribution is 0.483. The number of rotatable bonds is 8. The predicted molar refractivity (Wildman–Crippen MR) is 85.7 cm³/mol. The molecular weight excluding hydrogens is 304 g/mol. The Morgan fingerprint density at radius 1 is 1.32 bits per heavy atom. The van der Waals surface area contributed by atoms with Crippen molar-refractivity contribution in [2.24, 2.45) is 5.92 Å². The van der Waals surface area contributed by atoms with E-state index in [1.807, 2.05) is 0 Å². The summed E-state index contributed by atoms with van der Waals surface area (Å²) in [7, 11) is 0. The fourth-order valence-electron chi connectivity index (χ4n) is 1.85. The van der Waals surface area contributed by atoms with E-state index in [2.05, 4.69) is 64.2 Å². The Labute approximate surface area is 124 Å². The summed E-state index contributed by atoms with van der Waals surface area (Å²) in [4.78, 5) is 8.75. The molecule has 0 aliphatic rings. The Kier molecular flexibility index (Phi) is 7.13. The first kappa shape index (κ1) is 16.2. The maximum absolute atomic E-state index is 4.50. The molecule has 0 saturated carbocycles. The molecule has 2 unspecified atom stereocenters. The minimum absolute atomic E-state index is 0.403. The molecule has 0 aliphatic carbocycles. The van der Waals surface area contributed by atoms with Gasteiger partial charge >= 0.3 is 0 Å². The molecule has 0 aliphatic heterocycles. The smallest absolute Gasteiger partial charge is 0.224 e. The normalized spacial score (nSPS) is 13.9. The van der Waals surface area contributed by atoms with Crippen molar-refractivity contribution in [3.8, 4) is 0 Å². The van der Waals surface area contributed by atoms with Crippen molar-refractivity contribution in [2.45, 2.75) is 53.0 Å². The molecule has 2 atom stereocenters. The van der Waals surface area contributed by atoms with E-state index in [1.54, 1.807) is 6.20 Å². The SMILES string of the molecule is CCCNc1ncc(Br)c(NC(C)CC(C)CC)n1. The third-order valence-corrected chi connectivity index (χ3v) is 3.69. The number of anilines is 2. The van der Waals surface area contributed by atoms with Gasteiger partial charge in [-0.1, -0.05) is 27.2 Å². The summed E-state index contributed by atoms with van der Waals surface area (Å²) in [6, 6.07) is 0.403. The van der Waals surface area contributed by atoms with E-state index in [1.165, 1.54) is 6.42 Å². The van der Waals surface area contributed by atoms with Gasteiger partial charge in [-0.25, -0.2) is 4.98 Å². The van der Waals surface area contributed by atoms with E-state index >= 15 is 0 Å². The van der Waals surface area contributed by atoms with Crippen LogP contribution < -0.4 is 10.6 Å². The first-order valence-corrected chi connectivity index (χ1v) is 7.89. The number of halogens is 1. The predicted octanol–water partition coefficient (Wildman–Crippen LogP) is 4.30. The van der Waals surface area contributed by atoms with Gasteiger partial charge < -0.3 is 10.6 Å². The van der Waals surface area contributed by atoms with Crippen molar-refractivity contribution in [3.05, 3.63) is 10.7 Å². The number of nitrogens with one attached hydrogen (secondary N) is 2. The molecule has 0 fully saturated rings. The summed E-state index contributed by atoms with van der Waals surface area (Å²) in [5, 5.41) is 6.66. The van der Waals surface area contributed by atoms with Crippen LogP contribution in [-0.2, 0) is 0 Å². The van der Waals surface area contributed by atoms with E-state index in [4.69, 9.17) is 0 Å². The van der Waals surface area contributed by atoms with Gasteiger partial charge in [-0.3, -0.25) is 0 Å². The van der Waals surface area contributed by atoms with Crippen LogP contribution in [0, 0.1) is 5.92 Å². The highest BCUT2D eigenvalue weighted by Crippen LogP contribution is 2.22. The van der Waals surface area contributed by atoms with Crippen LogP contribution in [-0.4, -0.2) is 22.6 Å². The van der Waals surface area contributed by atoms with E-state index in [0.29, 0.717) is 12.0 Å². The van der Waals surface area contributed by atoms with Gasteiger partial charge in [-0.15, -0.1) is 0 Å². The van der Waals surface area contributed by atoms with Gasteiger partial charge in [-0.05, 0) is 41.6 Å². The van der Waals surface area contributed by atoms with Crippen molar-refractivity contribution >= 4 is 27.7 Å². The summed E-state index contributed by atoms with van der Waals surface area (Å²) in [5.74, 6) is 2.27. The first-order chi connectivity index (χ1) is 9.06. The van der Waals surface area contributed by atoms with Crippen molar-refractivity contribution in [1.29, 1.82) is 0 Å². The minimum atomic E-state index is 0.403. The van der Waals surface area contributed by atoms with E-state index in [0.717, 1.165) is 35.6 Å². The molecular formula is C14H25BrN4. The fraction of sp³-hybridized carbons (Fsp3) is 0.714. The zero-order valence-electron chi connectivity index (χ0n) is 12.3. The lowest BCUT2D eigenvalue weighted by Gasteiger charge is -2.19. The van der Waals surface area contributed by atoms with Crippen LogP contribution in [0.3, 0.4) is 0 Å². The third kappa shape index (κ3) is 5.76. The number of nitrogens with zero attached hydrogens (tertiary/aromatic N) is 2. The van der Waals surface area contributed by atoms with Crippen LogP contribution in [0.25, 0.3) is 0 Å². The van der Waals surface area contributed by atoms with Gasteiger partial charge in [0, 0.05) is 18.8 Å². The Bertz CT molecular complexity index is 384. The average molecular weight is 329 g/mol. The summed E-state index contributed by atoms with van der Waals surface area (Å²) >= 11 is 3.50. The van der Waals surface area contributed by atoms with Crippen LogP contribution in [0.1, 0.15) is 47.0 Å². The van der Waals surface area contributed by atoms with Gasteiger partial charge in [0.1, 0.15) is 5.82 Å². The van der Waals surface area contributed by atoms with Crippen LogP contribution >= 0.6 is 15.9 Å². The van der Waals surface area contributed by atoms with Crippen LogP contribution in [0.15, 0.2) is 10.7 Å². The van der Waals surface area contributed by atoms with Gasteiger partial charge in [0.15, 0.2) is 0 Å². The van der Waals surface area contributed by atoms with Gasteiger partial charge in [-0.2, -0.15) is 4.98 Å². The van der Waals surface area contributed by atoms with E-state index in [-0.39, 0.29) is 0 Å². The molecule has 1 heterocycles. The summed E-state index contributed by atoms with van der Waals surface area (Å²) < 4.78 is 0.908. The molecule has 0 radical (unpaired) electrons. The fourth-order valence-corrected chi connectivity index (χ4v) is 2.16. The second-order valence-corrected chi connectivity index (χ2v) is 5.97. The van der Waals surface area contributed by atoms with Crippen LogP contribution in [0.2, 0.25) is 0 Å². The molecule has 0 bridgehead atoms. The highest BCUT2D eigenvalue weighted by atomic mass is 79.9. The summed E-state index contributed by atoms with van der Waals surface area (Å²) in [5.41, 5.74) is 0. The topological polar surface area (TPSA) is 49.8 Å². The van der Waals surface area contributed by atoms with Gasteiger partial charge in [0.25, 0.3) is 0 Å². The zero-order chi connectivity index (χ0) is 14.3. The summed E-state index contributed by atoms with van der Waals surface area (Å²) in [6.45, 7) is 9.72. The molecule has 0 aromatic carbocycles. The molecule has 4 nitrogen and oxygen atoms in total. The molecule has 0 amide bonds. The minimum Gasteiger partial charge on any atom is -0.367 e. The standard InChI is InChI=1S/C14H25BrN4/c1-5-7-16-14-17-9-12(15)13(19-14)18-11(4)8-10(3)6-2/h9-11H,5-8H2,1-4H3,(H2,16,17,18,19). The maximum atomic E-state index is 4.50. The van der Waals surface area contributed by atoms with Crippen molar-refractivity contribution in [1.82, 2.24) is 9.97 Å². The van der Waals surface area contributed by atoms with Crippen LogP contribution in [0.5, 0.6) is 0 Å². The quantitative estimate of drug-likeness (QED) is 0.747. The molecule has 1 aromatic rings. The average Bonchev–Trinajstić information content (AvgIpc) is 2.39. The second kappa shape index (κ2) is 8.35. The van der Waals surface area contributed by atoms with Crippen molar-refractivity contribution in [3.63, 3.8) is 0 Å². The Morgan fingerprint density at radius 2 is 2.05 bits per heavy atom. The lowest BCUT2D eigenvalue weighted by Crippen LogP contribution is -2.20. The largest absolute Gasteiger partial charge is 0.367 e. The number of aromatic nitrogens is 2. The molecule has 5 heteroatoms. The van der Waals surface area contributed by atoms with E-state index in [9.17, 15) is 0 Å². The summed E-state index contributed by atoms with van der Waals surface area (Å²) in [6.07, 6.45) is 5.21. The zero-order valence-corrected chi connectivity index (χ0v) is 13.9. The van der Waals surface area contributed by atoms with Crippen LogP contribution in [0.4, 0.5) is 11.8 Å². The molecule has 1 rings (SSSR count). The molecule has 0 saturated heterocycles. The Morgan fingerprint density at radius 3 is 2.68 bits per heavy atom. The molecule has 0 spiro atoms. The highest BCUT2D eigenvalue weighted by molar-refractivity contribution is 9.10. The molecule has 2 N–H and O–H groups in total. The van der Waals surface area contributed by atoms with E-state index < -0.39 is 0 Å². The van der Waals surface area contributed by atoms with Crippen molar-refractivity contribution in [2.75, 3.05) is 17.2 Å². The lowest BCUT2D eigenvalue weighted by atomic mass is 10.0. The second-order valence-electron chi connectivity index (χ2n) is 5.11.